The summed E-state index contributed by atoms with van der Waals surface area (Å²) in [5.41, 5.74) is -0.361. The number of anilines is 2. The molecule has 0 atom stereocenters. The molecule has 168 valence electrons. The number of aromatic nitrogens is 3. The number of fused-ring (bicyclic) bond motifs is 1. The molecule has 1 fully saturated rings. The molecule has 0 unspecified atom stereocenters. The Balaban J connectivity index is 1.87. The first-order chi connectivity index (χ1) is 15.9. The zero-order valence-electron chi connectivity index (χ0n) is 17.8. The molecule has 2 heterocycles. The summed E-state index contributed by atoms with van der Waals surface area (Å²) in [7, 11) is 1.49. The summed E-state index contributed by atoms with van der Waals surface area (Å²) < 4.78 is 18.5. The minimum absolute atomic E-state index is 0.0385. The molecule has 2 aromatic heterocycles. The SMILES string of the molecule is Cn1c(=O)cc(Nc2ccc(CO)cc2F)c2c(=O)n(C3CC3)c(=O)n(-c3ccccc3)c21. The van der Waals surface area contributed by atoms with Gasteiger partial charge in [-0.05, 0) is 42.7 Å². The van der Waals surface area contributed by atoms with E-state index in [0.29, 0.717) is 24.1 Å². The normalized spacial score (nSPS) is 13.4. The van der Waals surface area contributed by atoms with Crippen molar-refractivity contribution in [1.82, 2.24) is 13.7 Å². The standard InChI is InChI=1S/C24H21FN4O4/c1-27-20(31)12-19(26-18-10-7-14(13-30)11-17(18)25)21-22(27)28(15-5-3-2-4-6-15)24(33)29(23(21)32)16-8-9-16/h2-7,10-12,16,26,30H,8-9,13H2,1H3. The van der Waals surface area contributed by atoms with E-state index >= 15 is 0 Å². The first kappa shape index (κ1) is 20.9. The van der Waals surface area contributed by atoms with E-state index in [4.69, 9.17) is 0 Å². The van der Waals surface area contributed by atoms with Crippen molar-refractivity contribution in [3.63, 3.8) is 0 Å². The van der Waals surface area contributed by atoms with Gasteiger partial charge in [0.15, 0.2) is 0 Å². The van der Waals surface area contributed by atoms with Crippen molar-refractivity contribution in [3.8, 4) is 5.69 Å². The molecule has 1 saturated carbocycles. The van der Waals surface area contributed by atoms with Gasteiger partial charge in [-0.2, -0.15) is 0 Å². The molecule has 0 saturated heterocycles. The van der Waals surface area contributed by atoms with Gasteiger partial charge in [0, 0.05) is 19.2 Å². The van der Waals surface area contributed by atoms with E-state index in [1.54, 1.807) is 30.3 Å². The van der Waals surface area contributed by atoms with Crippen LogP contribution < -0.4 is 22.1 Å². The van der Waals surface area contributed by atoms with Gasteiger partial charge in [0.25, 0.3) is 11.1 Å². The Labute approximate surface area is 186 Å². The Bertz CT molecular complexity index is 1570. The third-order valence-electron chi connectivity index (χ3n) is 5.86. The minimum atomic E-state index is -0.644. The molecule has 0 bridgehead atoms. The highest BCUT2D eigenvalue weighted by molar-refractivity contribution is 5.91. The number of aliphatic hydroxyl groups excluding tert-OH is 1. The molecule has 9 heteroatoms. The first-order valence-corrected chi connectivity index (χ1v) is 10.5. The van der Waals surface area contributed by atoms with Crippen LogP contribution in [0.15, 0.2) is 69.0 Å². The van der Waals surface area contributed by atoms with Gasteiger partial charge in [0.2, 0.25) is 0 Å². The van der Waals surface area contributed by atoms with Crippen molar-refractivity contribution in [1.29, 1.82) is 0 Å². The van der Waals surface area contributed by atoms with Gasteiger partial charge in [0.1, 0.15) is 16.9 Å². The zero-order valence-corrected chi connectivity index (χ0v) is 17.8. The largest absolute Gasteiger partial charge is 0.392 e. The zero-order chi connectivity index (χ0) is 23.3. The Kier molecular flexibility index (Phi) is 4.98. The highest BCUT2D eigenvalue weighted by Crippen LogP contribution is 2.33. The smallest absolute Gasteiger partial charge is 0.337 e. The number of nitrogens with zero attached hydrogens (tertiary/aromatic N) is 3. The van der Waals surface area contributed by atoms with Gasteiger partial charge in [-0.1, -0.05) is 24.3 Å². The number of aryl methyl sites for hydroxylation is 1. The predicted octanol–water partition coefficient (Wildman–Crippen LogP) is 2.56. The average Bonchev–Trinajstić information content (AvgIpc) is 3.64. The molecule has 1 aliphatic rings. The van der Waals surface area contributed by atoms with Crippen molar-refractivity contribution in [2.24, 2.45) is 7.05 Å². The van der Waals surface area contributed by atoms with E-state index in [9.17, 15) is 23.9 Å². The molecule has 2 aromatic carbocycles. The average molecular weight is 448 g/mol. The lowest BCUT2D eigenvalue weighted by Crippen LogP contribution is -2.41. The number of para-hydroxylation sites is 1. The molecule has 8 nitrogen and oxygen atoms in total. The number of hydrogen-bond acceptors (Lipinski definition) is 5. The van der Waals surface area contributed by atoms with Gasteiger partial charge < -0.3 is 10.4 Å². The van der Waals surface area contributed by atoms with E-state index in [0.717, 1.165) is 0 Å². The van der Waals surface area contributed by atoms with Gasteiger partial charge in [-0.15, -0.1) is 0 Å². The number of aliphatic hydroxyl groups is 1. The molecule has 1 aliphatic carbocycles. The maximum absolute atomic E-state index is 14.6. The summed E-state index contributed by atoms with van der Waals surface area (Å²) in [6.45, 7) is -0.318. The van der Waals surface area contributed by atoms with Crippen LogP contribution in [-0.2, 0) is 13.7 Å². The minimum Gasteiger partial charge on any atom is -0.392 e. The van der Waals surface area contributed by atoms with Crippen LogP contribution in [0.2, 0.25) is 0 Å². The topological polar surface area (TPSA) is 98.3 Å². The highest BCUT2D eigenvalue weighted by Gasteiger charge is 2.31. The van der Waals surface area contributed by atoms with Gasteiger partial charge in [0.05, 0.1) is 23.7 Å². The lowest BCUT2D eigenvalue weighted by molar-refractivity contribution is 0.281. The first-order valence-electron chi connectivity index (χ1n) is 10.5. The maximum Gasteiger partial charge on any atom is 0.337 e. The number of nitrogens with one attached hydrogen (secondary N) is 1. The van der Waals surface area contributed by atoms with Crippen molar-refractivity contribution < 1.29 is 9.50 Å². The van der Waals surface area contributed by atoms with Crippen molar-refractivity contribution in [2.75, 3.05) is 5.32 Å². The quantitative estimate of drug-likeness (QED) is 0.489. The van der Waals surface area contributed by atoms with Crippen LogP contribution in [0.4, 0.5) is 15.8 Å². The van der Waals surface area contributed by atoms with E-state index in [1.807, 2.05) is 0 Å². The second-order valence-electron chi connectivity index (χ2n) is 8.11. The number of hydrogen-bond donors (Lipinski definition) is 2. The molecular weight excluding hydrogens is 427 g/mol. The van der Waals surface area contributed by atoms with Gasteiger partial charge in [-0.3, -0.25) is 18.7 Å². The predicted molar refractivity (Wildman–Crippen MR) is 123 cm³/mol. The fourth-order valence-corrected chi connectivity index (χ4v) is 4.03. The molecule has 33 heavy (non-hydrogen) atoms. The molecule has 0 aliphatic heterocycles. The highest BCUT2D eigenvalue weighted by atomic mass is 19.1. The number of rotatable bonds is 5. The lowest BCUT2D eigenvalue weighted by atomic mass is 10.2. The Morgan fingerprint density at radius 2 is 1.76 bits per heavy atom. The molecule has 0 amide bonds. The maximum atomic E-state index is 14.6. The summed E-state index contributed by atoms with van der Waals surface area (Å²) in [5, 5.41) is 12.2. The number of benzene rings is 2. The fraction of sp³-hybridized carbons (Fsp3) is 0.208. The Morgan fingerprint density at radius 3 is 2.39 bits per heavy atom. The second-order valence-corrected chi connectivity index (χ2v) is 8.11. The summed E-state index contributed by atoms with van der Waals surface area (Å²) in [6.07, 6.45) is 1.42. The van der Waals surface area contributed by atoms with Crippen LogP contribution in [0.5, 0.6) is 0 Å². The van der Waals surface area contributed by atoms with Gasteiger partial charge in [-0.25, -0.2) is 13.8 Å². The fourth-order valence-electron chi connectivity index (χ4n) is 4.03. The van der Waals surface area contributed by atoms with Crippen LogP contribution in [0.25, 0.3) is 16.7 Å². The summed E-state index contributed by atoms with van der Waals surface area (Å²) in [6, 6.07) is 13.9. The molecule has 5 rings (SSSR count). The van der Waals surface area contributed by atoms with Crippen LogP contribution in [-0.4, -0.2) is 18.8 Å². The number of halogens is 1. The molecule has 0 spiro atoms. The third kappa shape index (κ3) is 3.46. The van der Waals surface area contributed by atoms with Crippen molar-refractivity contribution in [2.45, 2.75) is 25.5 Å². The lowest BCUT2D eigenvalue weighted by Gasteiger charge is -2.19. The Hall–Kier alpha value is -3.98. The van der Waals surface area contributed by atoms with E-state index in [1.165, 1.54) is 45.0 Å². The van der Waals surface area contributed by atoms with E-state index in [-0.39, 0.29) is 35.1 Å². The summed E-state index contributed by atoms with van der Waals surface area (Å²) >= 11 is 0. The van der Waals surface area contributed by atoms with Gasteiger partial charge >= 0.3 is 5.69 Å². The molecule has 0 radical (unpaired) electrons. The second kappa shape index (κ2) is 7.86. The van der Waals surface area contributed by atoms with Crippen LogP contribution in [0.3, 0.4) is 0 Å². The van der Waals surface area contributed by atoms with Crippen LogP contribution in [0, 0.1) is 5.82 Å². The van der Waals surface area contributed by atoms with Crippen molar-refractivity contribution >= 4 is 22.4 Å². The van der Waals surface area contributed by atoms with E-state index in [2.05, 4.69) is 5.32 Å². The monoisotopic (exact) mass is 448 g/mol. The summed E-state index contributed by atoms with van der Waals surface area (Å²) in [5.74, 6) is -0.644. The van der Waals surface area contributed by atoms with Crippen LogP contribution in [0.1, 0.15) is 24.4 Å². The van der Waals surface area contributed by atoms with Crippen molar-refractivity contribution in [3.05, 3.63) is 97.2 Å². The Morgan fingerprint density at radius 1 is 1.03 bits per heavy atom. The molecule has 4 aromatic rings. The molecular formula is C24H21FN4O4. The van der Waals surface area contributed by atoms with Crippen LogP contribution >= 0.6 is 0 Å². The van der Waals surface area contributed by atoms with E-state index < -0.39 is 22.6 Å². The number of pyridine rings is 1. The summed E-state index contributed by atoms with van der Waals surface area (Å²) in [4.78, 5) is 39.8. The molecule has 2 N–H and O–H groups in total. The third-order valence-corrected chi connectivity index (χ3v) is 5.86.